The van der Waals surface area contributed by atoms with Crippen molar-refractivity contribution in [2.75, 3.05) is 18.0 Å². The zero-order chi connectivity index (χ0) is 17.0. The number of nitrogens with one attached hydrogen (secondary N) is 1. The van der Waals surface area contributed by atoms with Crippen molar-refractivity contribution in [1.29, 1.82) is 5.26 Å². The monoisotopic (exact) mass is 319 g/mol. The predicted octanol–water partition coefficient (Wildman–Crippen LogP) is 3.19. The topological polar surface area (TPSA) is 65.4 Å². The highest BCUT2D eigenvalue weighted by molar-refractivity contribution is 5.68. The van der Waals surface area contributed by atoms with Crippen molar-refractivity contribution in [3.05, 3.63) is 29.6 Å². The summed E-state index contributed by atoms with van der Waals surface area (Å²) in [5.41, 5.74) is 0.295. The number of halogens is 1. The fourth-order valence-corrected chi connectivity index (χ4v) is 2.57. The smallest absolute Gasteiger partial charge is 0.407 e. The van der Waals surface area contributed by atoms with Gasteiger partial charge in [-0.05, 0) is 51.8 Å². The number of benzene rings is 1. The van der Waals surface area contributed by atoms with Crippen LogP contribution < -0.4 is 10.2 Å². The quantitative estimate of drug-likeness (QED) is 0.909. The number of nitriles is 1. The molecule has 23 heavy (non-hydrogen) atoms. The van der Waals surface area contributed by atoms with E-state index in [1.807, 2.05) is 31.7 Å². The molecule has 0 saturated carbocycles. The molecule has 0 atom stereocenters. The molecule has 0 bridgehead atoms. The third-order valence-electron chi connectivity index (χ3n) is 3.63. The molecule has 1 aromatic rings. The highest BCUT2D eigenvalue weighted by atomic mass is 19.1. The molecule has 1 aromatic carbocycles. The van der Waals surface area contributed by atoms with Crippen LogP contribution in [0.15, 0.2) is 18.2 Å². The first-order chi connectivity index (χ1) is 10.8. The molecule has 0 radical (unpaired) electrons. The van der Waals surface area contributed by atoms with Gasteiger partial charge in [0.05, 0.1) is 17.3 Å². The van der Waals surface area contributed by atoms with Gasteiger partial charge in [-0.25, -0.2) is 9.18 Å². The Balaban J connectivity index is 1.89. The average Bonchev–Trinajstić information content (AvgIpc) is 2.46. The lowest BCUT2D eigenvalue weighted by atomic mass is 10.0. The molecule has 1 amide bonds. The fraction of sp³-hybridized carbons (Fsp3) is 0.529. The second kappa shape index (κ2) is 6.86. The Morgan fingerprint density at radius 1 is 1.39 bits per heavy atom. The van der Waals surface area contributed by atoms with Gasteiger partial charge in [-0.15, -0.1) is 0 Å². The largest absolute Gasteiger partial charge is 0.444 e. The van der Waals surface area contributed by atoms with E-state index in [2.05, 4.69) is 5.32 Å². The molecule has 0 spiro atoms. The van der Waals surface area contributed by atoms with Crippen LogP contribution in [0.5, 0.6) is 0 Å². The highest BCUT2D eigenvalue weighted by Gasteiger charge is 2.24. The third-order valence-corrected chi connectivity index (χ3v) is 3.63. The van der Waals surface area contributed by atoms with Gasteiger partial charge in [-0.1, -0.05) is 0 Å². The van der Waals surface area contributed by atoms with Crippen LogP contribution in [0.1, 0.15) is 39.2 Å². The van der Waals surface area contributed by atoms with E-state index in [-0.39, 0.29) is 11.9 Å². The Labute approximate surface area is 136 Å². The molecule has 1 heterocycles. The Morgan fingerprint density at radius 2 is 2.04 bits per heavy atom. The van der Waals surface area contributed by atoms with Crippen LogP contribution in [-0.2, 0) is 4.74 Å². The molecule has 1 fully saturated rings. The lowest BCUT2D eigenvalue weighted by Gasteiger charge is -2.34. The first-order valence-electron chi connectivity index (χ1n) is 7.72. The van der Waals surface area contributed by atoms with E-state index in [4.69, 9.17) is 10.00 Å². The van der Waals surface area contributed by atoms with Gasteiger partial charge in [0.15, 0.2) is 0 Å². The third kappa shape index (κ3) is 4.85. The Morgan fingerprint density at radius 3 is 2.57 bits per heavy atom. The molecule has 1 N–H and O–H groups in total. The lowest BCUT2D eigenvalue weighted by Crippen LogP contribution is -2.46. The van der Waals surface area contributed by atoms with Gasteiger partial charge in [-0.3, -0.25) is 0 Å². The summed E-state index contributed by atoms with van der Waals surface area (Å²) in [4.78, 5) is 13.7. The average molecular weight is 319 g/mol. The minimum atomic E-state index is -0.517. The minimum Gasteiger partial charge on any atom is -0.444 e. The van der Waals surface area contributed by atoms with E-state index in [1.165, 1.54) is 6.07 Å². The van der Waals surface area contributed by atoms with E-state index >= 15 is 0 Å². The number of hydrogen-bond donors (Lipinski definition) is 1. The predicted molar refractivity (Wildman–Crippen MR) is 85.7 cm³/mol. The van der Waals surface area contributed by atoms with E-state index in [0.29, 0.717) is 24.3 Å². The van der Waals surface area contributed by atoms with Crippen LogP contribution in [0.4, 0.5) is 14.9 Å². The summed E-state index contributed by atoms with van der Waals surface area (Å²) < 4.78 is 19.3. The van der Waals surface area contributed by atoms with Crippen LogP contribution in [0.2, 0.25) is 0 Å². The zero-order valence-corrected chi connectivity index (χ0v) is 13.7. The van der Waals surface area contributed by atoms with E-state index in [9.17, 15) is 9.18 Å². The molecule has 0 aliphatic carbocycles. The molecular weight excluding hydrogens is 297 g/mol. The van der Waals surface area contributed by atoms with Crippen molar-refractivity contribution < 1.29 is 13.9 Å². The van der Waals surface area contributed by atoms with Crippen LogP contribution in [0.25, 0.3) is 0 Å². The van der Waals surface area contributed by atoms with Crippen LogP contribution in [-0.4, -0.2) is 30.8 Å². The Bertz CT molecular complexity index is 611. The molecular formula is C17H22FN3O2. The second-order valence-electron chi connectivity index (χ2n) is 6.69. The Hall–Kier alpha value is -2.29. The molecule has 1 saturated heterocycles. The van der Waals surface area contributed by atoms with Crippen LogP contribution in [0, 0.1) is 17.1 Å². The Kier molecular flexibility index (Phi) is 5.09. The van der Waals surface area contributed by atoms with Crippen LogP contribution >= 0.6 is 0 Å². The summed E-state index contributed by atoms with van der Waals surface area (Å²) in [6.07, 6.45) is 1.03. The normalized spacial score (nSPS) is 15.9. The maximum atomic E-state index is 14.0. The maximum absolute atomic E-state index is 14.0. The summed E-state index contributed by atoms with van der Waals surface area (Å²) in [6, 6.07) is 6.45. The first kappa shape index (κ1) is 17.1. The fourth-order valence-electron chi connectivity index (χ4n) is 2.57. The molecule has 0 unspecified atom stereocenters. The zero-order valence-electron chi connectivity index (χ0n) is 13.7. The van der Waals surface area contributed by atoms with Crippen molar-refractivity contribution in [2.45, 2.75) is 45.3 Å². The van der Waals surface area contributed by atoms with E-state index in [1.54, 1.807) is 12.1 Å². The molecule has 6 heteroatoms. The molecule has 2 rings (SSSR count). The number of anilines is 1. The van der Waals surface area contributed by atoms with Crippen molar-refractivity contribution in [3.63, 3.8) is 0 Å². The summed E-state index contributed by atoms with van der Waals surface area (Å²) >= 11 is 0. The van der Waals surface area contributed by atoms with Crippen molar-refractivity contribution in [2.24, 2.45) is 0 Å². The van der Waals surface area contributed by atoms with Gasteiger partial charge in [0.1, 0.15) is 11.4 Å². The van der Waals surface area contributed by atoms with Gasteiger partial charge in [-0.2, -0.15) is 5.26 Å². The first-order valence-corrected chi connectivity index (χ1v) is 7.72. The summed E-state index contributed by atoms with van der Waals surface area (Å²) in [7, 11) is 0. The minimum absolute atomic E-state index is 0.0301. The number of amides is 1. The molecule has 5 nitrogen and oxygen atoms in total. The second-order valence-corrected chi connectivity index (χ2v) is 6.69. The van der Waals surface area contributed by atoms with Gasteiger partial charge in [0.2, 0.25) is 0 Å². The number of nitrogens with zero attached hydrogens (tertiary/aromatic N) is 2. The molecule has 1 aliphatic heterocycles. The number of carbonyl (C=O) groups excluding carboxylic acids is 1. The number of alkyl carbamates (subject to hydrolysis) is 1. The van der Waals surface area contributed by atoms with Gasteiger partial charge >= 0.3 is 6.09 Å². The highest BCUT2D eigenvalue weighted by Crippen LogP contribution is 2.24. The van der Waals surface area contributed by atoms with Crippen molar-refractivity contribution >= 4 is 11.8 Å². The number of rotatable bonds is 2. The van der Waals surface area contributed by atoms with Gasteiger partial charge < -0.3 is 15.0 Å². The SMILES string of the molecule is CC(C)(C)OC(=O)NC1CCN(c2ccc(C#N)cc2F)CC1. The van der Waals surface area contributed by atoms with Gasteiger partial charge in [0, 0.05) is 19.1 Å². The lowest BCUT2D eigenvalue weighted by molar-refractivity contribution is 0.0497. The van der Waals surface area contributed by atoms with Gasteiger partial charge in [0.25, 0.3) is 0 Å². The van der Waals surface area contributed by atoms with Crippen LogP contribution in [0.3, 0.4) is 0 Å². The number of hydrogen-bond acceptors (Lipinski definition) is 4. The van der Waals surface area contributed by atoms with Crippen molar-refractivity contribution in [1.82, 2.24) is 5.32 Å². The molecule has 0 aromatic heterocycles. The standard InChI is InChI=1S/C17H22FN3O2/c1-17(2,3)23-16(22)20-13-6-8-21(9-7-13)15-5-4-12(11-19)10-14(15)18/h4-5,10,13H,6-9H2,1-3H3,(H,20,22). The summed E-state index contributed by atoms with van der Waals surface area (Å²) in [5.74, 6) is -0.386. The maximum Gasteiger partial charge on any atom is 0.407 e. The molecule has 124 valence electrons. The van der Waals surface area contributed by atoms with Crippen molar-refractivity contribution in [3.8, 4) is 6.07 Å². The van der Waals surface area contributed by atoms with E-state index < -0.39 is 11.7 Å². The number of piperidine rings is 1. The van der Waals surface area contributed by atoms with E-state index in [0.717, 1.165) is 12.8 Å². The summed E-state index contributed by atoms with van der Waals surface area (Å²) in [5, 5.41) is 11.6. The number of carbonyl (C=O) groups is 1. The molecule has 1 aliphatic rings. The number of ether oxygens (including phenoxy) is 1. The summed E-state index contributed by atoms with van der Waals surface area (Å²) in [6.45, 7) is 6.75.